The van der Waals surface area contributed by atoms with E-state index in [1.165, 1.54) is 5.56 Å². The first-order valence-electron chi connectivity index (χ1n) is 5.80. The molecule has 0 amide bonds. The second-order valence-corrected chi connectivity index (χ2v) is 4.05. The van der Waals surface area contributed by atoms with E-state index in [2.05, 4.69) is 39.5 Å². The fourth-order valence-electron chi connectivity index (χ4n) is 1.93. The van der Waals surface area contributed by atoms with Crippen molar-refractivity contribution in [2.75, 3.05) is 42.7 Å². The van der Waals surface area contributed by atoms with Crippen molar-refractivity contribution in [3.63, 3.8) is 0 Å². The first kappa shape index (κ1) is 11.0. The van der Waals surface area contributed by atoms with E-state index in [1.54, 1.807) is 0 Å². The third kappa shape index (κ3) is 1.89. The molecule has 0 spiro atoms. The summed E-state index contributed by atoms with van der Waals surface area (Å²) >= 11 is 0. The van der Waals surface area contributed by atoms with Gasteiger partial charge in [0.1, 0.15) is 11.6 Å². The molecule has 1 aliphatic rings. The normalized spacial score (nSPS) is 13.8. The lowest BCUT2D eigenvalue weighted by Crippen LogP contribution is -2.15. The van der Waals surface area contributed by atoms with Crippen LogP contribution in [0.15, 0.2) is 0 Å². The highest BCUT2D eigenvalue weighted by atomic mass is 15.2. The number of anilines is 3. The zero-order chi connectivity index (χ0) is 11.5. The van der Waals surface area contributed by atoms with Crippen LogP contribution in [0.4, 0.5) is 17.6 Å². The SMILES string of the molecule is CCCNc1nc(NC)c2c(n1)N(C)CC2. The van der Waals surface area contributed by atoms with Gasteiger partial charge in [0, 0.05) is 32.7 Å². The van der Waals surface area contributed by atoms with Gasteiger partial charge < -0.3 is 15.5 Å². The molecule has 0 saturated carbocycles. The number of nitrogens with zero attached hydrogens (tertiary/aromatic N) is 3. The average Bonchev–Trinajstić information content (AvgIpc) is 2.68. The van der Waals surface area contributed by atoms with Gasteiger partial charge in [-0.05, 0) is 12.8 Å². The van der Waals surface area contributed by atoms with Crippen LogP contribution >= 0.6 is 0 Å². The van der Waals surface area contributed by atoms with E-state index in [0.29, 0.717) is 0 Å². The Kier molecular flexibility index (Phi) is 3.12. The van der Waals surface area contributed by atoms with Crippen molar-refractivity contribution in [1.29, 1.82) is 0 Å². The summed E-state index contributed by atoms with van der Waals surface area (Å²) in [5.41, 5.74) is 1.23. The summed E-state index contributed by atoms with van der Waals surface area (Å²) in [5, 5.41) is 6.38. The number of aromatic nitrogens is 2. The van der Waals surface area contributed by atoms with E-state index in [-0.39, 0.29) is 0 Å². The summed E-state index contributed by atoms with van der Waals surface area (Å²) in [6.45, 7) is 4.06. The Labute approximate surface area is 96.3 Å². The molecular weight excluding hydrogens is 202 g/mol. The topological polar surface area (TPSA) is 53.1 Å². The number of hydrogen-bond donors (Lipinski definition) is 2. The first-order valence-corrected chi connectivity index (χ1v) is 5.80. The maximum Gasteiger partial charge on any atom is 0.226 e. The van der Waals surface area contributed by atoms with Gasteiger partial charge in [-0.25, -0.2) is 0 Å². The highest BCUT2D eigenvalue weighted by molar-refractivity contribution is 5.64. The van der Waals surface area contributed by atoms with Crippen LogP contribution in [0.5, 0.6) is 0 Å². The van der Waals surface area contributed by atoms with Gasteiger partial charge in [-0.1, -0.05) is 6.92 Å². The monoisotopic (exact) mass is 221 g/mol. The van der Waals surface area contributed by atoms with E-state index < -0.39 is 0 Å². The Balaban J connectivity index is 2.32. The lowest BCUT2D eigenvalue weighted by atomic mass is 10.2. The Bertz CT molecular complexity index is 377. The van der Waals surface area contributed by atoms with Gasteiger partial charge in [0.05, 0.1) is 0 Å². The molecule has 5 heteroatoms. The zero-order valence-corrected chi connectivity index (χ0v) is 10.2. The van der Waals surface area contributed by atoms with Crippen LogP contribution in [0.25, 0.3) is 0 Å². The molecule has 2 heterocycles. The first-order chi connectivity index (χ1) is 7.76. The van der Waals surface area contributed by atoms with Crippen molar-refractivity contribution in [2.24, 2.45) is 0 Å². The van der Waals surface area contributed by atoms with Crippen molar-refractivity contribution in [1.82, 2.24) is 9.97 Å². The minimum absolute atomic E-state index is 0.721. The molecule has 16 heavy (non-hydrogen) atoms. The summed E-state index contributed by atoms with van der Waals surface area (Å²) in [6.07, 6.45) is 2.10. The molecule has 1 aliphatic heterocycles. The summed E-state index contributed by atoms with van der Waals surface area (Å²) in [6, 6.07) is 0. The van der Waals surface area contributed by atoms with Crippen molar-refractivity contribution in [3.8, 4) is 0 Å². The molecular formula is C11H19N5. The molecule has 0 atom stereocenters. The molecule has 1 aromatic rings. The zero-order valence-electron chi connectivity index (χ0n) is 10.2. The fourth-order valence-corrected chi connectivity index (χ4v) is 1.93. The van der Waals surface area contributed by atoms with Crippen LogP contribution in [-0.2, 0) is 6.42 Å². The second-order valence-electron chi connectivity index (χ2n) is 4.05. The van der Waals surface area contributed by atoms with Gasteiger partial charge in [0.25, 0.3) is 0 Å². The van der Waals surface area contributed by atoms with Gasteiger partial charge in [0.2, 0.25) is 5.95 Å². The van der Waals surface area contributed by atoms with Crippen LogP contribution in [0, 0.1) is 0 Å². The van der Waals surface area contributed by atoms with E-state index in [0.717, 1.165) is 43.5 Å². The van der Waals surface area contributed by atoms with Gasteiger partial charge in [-0.15, -0.1) is 0 Å². The fraction of sp³-hybridized carbons (Fsp3) is 0.636. The molecule has 0 radical (unpaired) electrons. The standard InChI is InChI=1S/C11H19N5/c1-4-6-13-11-14-9(12-2)8-5-7-16(3)10(8)15-11/h4-7H2,1-3H3,(H2,12,13,14,15). The largest absolute Gasteiger partial charge is 0.373 e. The number of nitrogens with one attached hydrogen (secondary N) is 2. The van der Waals surface area contributed by atoms with Gasteiger partial charge in [0.15, 0.2) is 0 Å². The second kappa shape index (κ2) is 4.55. The van der Waals surface area contributed by atoms with Crippen molar-refractivity contribution >= 4 is 17.6 Å². The van der Waals surface area contributed by atoms with E-state index in [1.807, 2.05) is 7.05 Å². The van der Waals surface area contributed by atoms with Crippen LogP contribution < -0.4 is 15.5 Å². The van der Waals surface area contributed by atoms with Gasteiger partial charge in [-0.3, -0.25) is 0 Å². The summed E-state index contributed by atoms with van der Waals surface area (Å²) in [4.78, 5) is 11.2. The lowest BCUT2D eigenvalue weighted by Gasteiger charge is -2.14. The van der Waals surface area contributed by atoms with Crippen molar-refractivity contribution in [2.45, 2.75) is 19.8 Å². The van der Waals surface area contributed by atoms with E-state index in [4.69, 9.17) is 0 Å². The molecule has 0 saturated heterocycles. The third-order valence-electron chi connectivity index (χ3n) is 2.81. The summed E-state index contributed by atoms with van der Waals surface area (Å²) in [7, 11) is 3.98. The van der Waals surface area contributed by atoms with E-state index in [9.17, 15) is 0 Å². The van der Waals surface area contributed by atoms with Crippen LogP contribution in [0.1, 0.15) is 18.9 Å². The maximum atomic E-state index is 4.54. The number of hydrogen-bond acceptors (Lipinski definition) is 5. The molecule has 0 bridgehead atoms. The molecule has 0 aliphatic carbocycles. The van der Waals surface area contributed by atoms with Crippen molar-refractivity contribution in [3.05, 3.63) is 5.56 Å². The molecule has 5 nitrogen and oxygen atoms in total. The van der Waals surface area contributed by atoms with Crippen molar-refractivity contribution < 1.29 is 0 Å². The minimum Gasteiger partial charge on any atom is -0.373 e. The number of fused-ring (bicyclic) bond motifs is 1. The number of rotatable bonds is 4. The molecule has 2 N–H and O–H groups in total. The molecule has 2 rings (SSSR count). The molecule has 0 unspecified atom stereocenters. The van der Waals surface area contributed by atoms with Gasteiger partial charge in [-0.2, -0.15) is 9.97 Å². The maximum absolute atomic E-state index is 4.54. The predicted molar refractivity (Wildman–Crippen MR) is 67.3 cm³/mol. The third-order valence-corrected chi connectivity index (χ3v) is 2.81. The predicted octanol–water partition coefficient (Wildman–Crippen LogP) is 1.33. The quantitative estimate of drug-likeness (QED) is 0.803. The lowest BCUT2D eigenvalue weighted by molar-refractivity contribution is 0.936. The van der Waals surface area contributed by atoms with Crippen LogP contribution in [0.3, 0.4) is 0 Å². The molecule has 0 aromatic carbocycles. The molecule has 0 fully saturated rings. The van der Waals surface area contributed by atoms with E-state index >= 15 is 0 Å². The Hall–Kier alpha value is -1.52. The number of likely N-dealkylation sites (N-methyl/N-ethyl adjacent to an activating group) is 1. The molecule has 1 aromatic heterocycles. The van der Waals surface area contributed by atoms with Crippen LogP contribution in [-0.4, -0.2) is 37.2 Å². The Morgan fingerprint density at radius 2 is 2.19 bits per heavy atom. The average molecular weight is 221 g/mol. The van der Waals surface area contributed by atoms with Crippen LogP contribution in [0.2, 0.25) is 0 Å². The smallest absolute Gasteiger partial charge is 0.226 e. The highest BCUT2D eigenvalue weighted by Gasteiger charge is 2.22. The Morgan fingerprint density at radius 3 is 2.88 bits per heavy atom. The minimum atomic E-state index is 0.721. The van der Waals surface area contributed by atoms with Gasteiger partial charge >= 0.3 is 0 Å². The highest BCUT2D eigenvalue weighted by Crippen LogP contribution is 2.30. The summed E-state index contributed by atoms with van der Waals surface area (Å²) < 4.78 is 0. The summed E-state index contributed by atoms with van der Waals surface area (Å²) in [5.74, 6) is 2.73. The molecule has 88 valence electrons. The Morgan fingerprint density at radius 1 is 1.38 bits per heavy atom.